The van der Waals surface area contributed by atoms with Gasteiger partial charge in [0.2, 0.25) is 0 Å². The second-order valence-corrected chi connectivity index (χ2v) is 5.76. The highest BCUT2D eigenvalue weighted by Crippen LogP contribution is 2.48. The van der Waals surface area contributed by atoms with Crippen molar-refractivity contribution in [2.75, 3.05) is 0 Å². The van der Waals surface area contributed by atoms with Crippen LogP contribution in [-0.4, -0.2) is 19.6 Å². The maximum atomic E-state index is 6.01. The van der Waals surface area contributed by atoms with Crippen LogP contribution in [0.1, 0.15) is 44.9 Å². The number of nitrogens with zero attached hydrogens (tertiary/aromatic N) is 4. The zero-order valence-corrected chi connectivity index (χ0v) is 10.8. The summed E-state index contributed by atoms with van der Waals surface area (Å²) < 4.78 is 1.98. The fourth-order valence-electron chi connectivity index (χ4n) is 2.86. The highest BCUT2D eigenvalue weighted by molar-refractivity contribution is 6.32. The first kappa shape index (κ1) is 11.0. The van der Waals surface area contributed by atoms with Gasteiger partial charge in [-0.25, -0.2) is 4.98 Å². The third-order valence-corrected chi connectivity index (χ3v) is 4.15. The van der Waals surface area contributed by atoms with E-state index in [1.54, 1.807) is 6.20 Å². The predicted molar refractivity (Wildman–Crippen MR) is 66.2 cm³/mol. The van der Waals surface area contributed by atoms with Gasteiger partial charge in [-0.15, -0.1) is 10.2 Å². The Morgan fingerprint density at radius 2 is 2.24 bits per heavy atom. The predicted octanol–water partition coefficient (Wildman–Crippen LogP) is 3.07. The fourth-order valence-corrected chi connectivity index (χ4v) is 3.04. The van der Waals surface area contributed by atoms with Gasteiger partial charge in [-0.1, -0.05) is 31.9 Å². The second-order valence-electron chi connectivity index (χ2n) is 5.40. The first-order chi connectivity index (χ1) is 8.09. The number of halogens is 1. The van der Waals surface area contributed by atoms with Gasteiger partial charge in [-0.3, -0.25) is 4.40 Å². The van der Waals surface area contributed by atoms with Crippen LogP contribution in [0.2, 0.25) is 5.15 Å². The van der Waals surface area contributed by atoms with Gasteiger partial charge in [-0.2, -0.15) is 0 Å². The molecule has 0 N–H and O–H groups in total. The lowest BCUT2D eigenvalue weighted by molar-refractivity contribution is 0.320. The summed E-state index contributed by atoms with van der Waals surface area (Å²) in [6, 6.07) is 0. The van der Waals surface area contributed by atoms with Crippen molar-refractivity contribution in [1.29, 1.82) is 0 Å². The van der Waals surface area contributed by atoms with Gasteiger partial charge >= 0.3 is 0 Å². The van der Waals surface area contributed by atoms with Crippen molar-refractivity contribution in [2.45, 2.75) is 39.0 Å². The molecule has 5 heteroatoms. The Labute approximate surface area is 105 Å². The molecule has 2 heterocycles. The van der Waals surface area contributed by atoms with Crippen LogP contribution in [-0.2, 0) is 0 Å². The molecule has 17 heavy (non-hydrogen) atoms. The Morgan fingerprint density at radius 3 is 2.94 bits per heavy atom. The number of hydrogen-bond donors (Lipinski definition) is 0. The first-order valence-electron chi connectivity index (χ1n) is 5.95. The van der Waals surface area contributed by atoms with Crippen LogP contribution in [0.25, 0.3) is 5.65 Å². The molecule has 0 amide bonds. The van der Waals surface area contributed by atoms with Gasteiger partial charge < -0.3 is 0 Å². The summed E-state index contributed by atoms with van der Waals surface area (Å²) in [6.45, 7) is 4.60. The van der Waals surface area contributed by atoms with Gasteiger partial charge in [0, 0.05) is 18.3 Å². The normalized spacial score (nSPS) is 23.4. The van der Waals surface area contributed by atoms with E-state index in [-0.39, 0.29) is 0 Å². The summed E-state index contributed by atoms with van der Waals surface area (Å²) in [5.41, 5.74) is 0.950. The minimum Gasteiger partial charge on any atom is -0.282 e. The van der Waals surface area contributed by atoms with Gasteiger partial charge in [0.05, 0.1) is 0 Å². The van der Waals surface area contributed by atoms with Crippen LogP contribution >= 0.6 is 11.6 Å². The summed E-state index contributed by atoms with van der Waals surface area (Å²) in [6.07, 6.45) is 7.26. The molecule has 1 saturated carbocycles. The largest absolute Gasteiger partial charge is 0.282 e. The van der Waals surface area contributed by atoms with E-state index < -0.39 is 0 Å². The third kappa shape index (κ3) is 1.62. The zero-order chi connectivity index (χ0) is 12.0. The molecule has 0 saturated heterocycles. The Kier molecular flexibility index (Phi) is 2.36. The van der Waals surface area contributed by atoms with Crippen molar-refractivity contribution >= 4 is 17.2 Å². The van der Waals surface area contributed by atoms with E-state index in [9.17, 15) is 0 Å². The lowest BCUT2D eigenvalue weighted by atomic mass is 9.81. The Hall–Kier alpha value is -1.16. The minimum atomic E-state index is 0.290. The van der Waals surface area contributed by atoms with E-state index in [1.807, 2.05) is 10.6 Å². The van der Waals surface area contributed by atoms with Crippen molar-refractivity contribution in [3.8, 4) is 0 Å². The highest BCUT2D eigenvalue weighted by Gasteiger charge is 2.38. The number of hydrogen-bond acceptors (Lipinski definition) is 3. The van der Waals surface area contributed by atoms with Crippen molar-refractivity contribution in [2.24, 2.45) is 5.41 Å². The molecule has 2 aromatic rings. The molecule has 1 aliphatic carbocycles. The van der Waals surface area contributed by atoms with E-state index in [0.29, 0.717) is 22.1 Å². The van der Waals surface area contributed by atoms with Gasteiger partial charge in [0.1, 0.15) is 5.82 Å². The molecule has 0 radical (unpaired) electrons. The Bertz CT molecular complexity index is 561. The molecular formula is C12H15ClN4. The number of rotatable bonds is 1. The molecule has 1 fully saturated rings. The van der Waals surface area contributed by atoms with Crippen LogP contribution in [0.5, 0.6) is 0 Å². The van der Waals surface area contributed by atoms with Crippen molar-refractivity contribution in [1.82, 2.24) is 19.6 Å². The maximum Gasteiger partial charge on any atom is 0.198 e. The van der Waals surface area contributed by atoms with Crippen LogP contribution in [0.15, 0.2) is 12.4 Å². The fraction of sp³-hybridized carbons (Fsp3) is 0.583. The summed E-state index contributed by atoms with van der Waals surface area (Å²) in [5.74, 6) is 1.47. The van der Waals surface area contributed by atoms with E-state index in [2.05, 4.69) is 29.0 Å². The molecule has 0 aliphatic heterocycles. The average molecular weight is 251 g/mol. The van der Waals surface area contributed by atoms with Gasteiger partial charge in [0.25, 0.3) is 0 Å². The van der Waals surface area contributed by atoms with E-state index in [1.165, 1.54) is 19.3 Å². The second kappa shape index (κ2) is 3.67. The molecule has 4 nitrogen and oxygen atoms in total. The smallest absolute Gasteiger partial charge is 0.198 e. The molecule has 1 aliphatic rings. The molecule has 3 rings (SSSR count). The van der Waals surface area contributed by atoms with Crippen LogP contribution < -0.4 is 0 Å². The van der Waals surface area contributed by atoms with Gasteiger partial charge in [0.15, 0.2) is 10.8 Å². The topological polar surface area (TPSA) is 43.1 Å². The quantitative estimate of drug-likeness (QED) is 0.781. The van der Waals surface area contributed by atoms with Crippen molar-refractivity contribution < 1.29 is 0 Å². The molecule has 90 valence electrons. The third-order valence-electron chi connectivity index (χ3n) is 3.88. The standard InChI is InChI=1S/C12H15ClN4/c1-12(2)5-3-4-8(12)10-15-16-11-9(13)14-6-7-17(10)11/h6-8H,3-5H2,1-2H3. The molecule has 0 spiro atoms. The van der Waals surface area contributed by atoms with Crippen molar-refractivity contribution in [3.63, 3.8) is 0 Å². The lowest BCUT2D eigenvalue weighted by Crippen LogP contribution is -2.18. The Morgan fingerprint density at radius 1 is 1.41 bits per heavy atom. The van der Waals surface area contributed by atoms with Gasteiger partial charge in [-0.05, 0) is 18.3 Å². The molecule has 1 unspecified atom stereocenters. The molecule has 0 bridgehead atoms. The number of aromatic nitrogens is 4. The first-order valence-corrected chi connectivity index (χ1v) is 6.32. The van der Waals surface area contributed by atoms with E-state index >= 15 is 0 Å². The summed E-state index contributed by atoms with van der Waals surface area (Å²) in [5, 5.41) is 8.89. The van der Waals surface area contributed by atoms with E-state index in [0.717, 1.165) is 5.82 Å². The maximum absolute atomic E-state index is 6.01. The average Bonchev–Trinajstić information content (AvgIpc) is 2.82. The molecular weight excluding hydrogens is 236 g/mol. The van der Waals surface area contributed by atoms with Crippen LogP contribution in [0.4, 0.5) is 0 Å². The number of fused-ring (bicyclic) bond motifs is 1. The minimum absolute atomic E-state index is 0.290. The summed E-state index contributed by atoms with van der Waals surface area (Å²) in [4.78, 5) is 4.03. The highest BCUT2D eigenvalue weighted by atomic mass is 35.5. The Balaban J connectivity index is 2.15. The van der Waals surface area contributed by atoms with E-state index in [4.69, 9.17) is 11.6 Å². The van der Waals surface area contributed by atoms with Crippen LogP contribution in [0, 0.1) is 5.41 Å². The SMILES string of the molecule is CC1(C)CCCC1c1nnc2c(Cl)nccn12. The molecule has 2 aromatic heterocycles. The monoisotopic (exact) mass is 250 g/mol. The summed E-state index contributed by atoms with van der Waals surface area (Å²) >= 11 is 6.01. The van der Waals surface area contributed by atoms with Crippen molar-refractivity contribution in [3.05, 3.63) is 23.4 Å². The summed E-state index contributed by atoms with van der Waals surface area (Å²) in [7, 11) is 0. The molecule has 1 atom stereocenters. The zero-order valence-electron chi connectivity index (χ0n) is 10.0. The molecule has 0 aromatic carbocycles. The van der Waals surface area contributed by atoms with Crippen LogP contribution in [0.3, 0.4) is 0 Å². The lowest BCUT2D eigenvalue weighted by Gasteiger charge is -2.25.